The van der Waals surface area contributed by atoms with Gasteiger partial charge in [-0.15, -0.1) is 0 Å². The van der Waals surface area contributed by atoms with Crippen molar-refractivity contribution in [2.75, 3.05) is 6.61 Å². The smallest absolute Gasteiger partial charge is 0.119 e. The highest BCUT2D eigenvalue weighted by Gasteiger charge is 2.08. The van der Waals surface area contributed by atoms with E-state index in [9.17, 15) is 0 Å². The van der Waals surface area contributed by atoms with Crippen molar-refractivity contribution >= 4 is 11.6 Å². The van der Waals surface area contributed by atoms with Crippen LogP contribution in [0.1, 0.15) is 17.0 Å². The largest absolute Gasteiger partial charge is 0.492 e. The first-order chi connectivity index (χ1) is 9.11. The number of aryl methyl sites for hydroxylation is 1. The highest BCUT2D eigenvalue weighted by Crippen LogP contribution is 2.19. The van der Waals surface area contributed by atoms with E-state index in [4.69, 9.17) is 22.1 Å². The van der Waals surface area contributed by atoms with E-state index in [1.54, 1.807) is 0 Å². The summed E-state index contributed by atoms with van der Waals surface area (Å²) in [5.74, 6) is 0.829. The van der Waals surface area contributed by atoms with Crippen LogP contribution in [-0.4, -0.2) is 16.4 Å². The first-order valence-corrected chi connectivity index (χ1v) is 6.61. The molecule has 1 aromatic heterocycles. The van der Waals surface area contributed by atoms with Crippen molar-refractivity contribution in [3.63, 3.8) is 0 Å². The summed E-state index contributed by atoms with van der Waals surface area (Å²) >= 11 is 6.10. The lowest BCUT2D eigenvalue weighted by molar-refractivity contribution is 0.289. The molecule has 1 heterocycles. The quantitative estimate of drug-likeness (QED) is 0.915. The zero-order chi connectivity index (χ0) is 13.8. The van der Waals surface area contributed by atoms with Gasteiger partial charge in [-0.25, -0.2) is 0 Å². The molecule has 2 N–H and O–H groups in total. The Kier molecular flexibility index (Phi) is 4.45. The number of hydrogen-bond acceptors (Lipinski definition) is 3. The second kappa shape index (κ2) is 6.08. The maximum Gasteiger partial charge on any atom is 0.119 e. The fourth-order valence-electron chi connectivity index (χ4n) is 1.90. The van der Waals surface area contributed by atoms with Gasteiger partial charge in [-0.05, 0) is 31.5 Å². The predicted octanol–water partition coefficient (Wildman–Crippen LogP) is 2.69. The Morgan fingerprint density at radius 1 is 1.37 bits per heavy atom. The summed E-state index contributed by atoms with van der Waals surface area (Å²) in [4.78, 5) is 0. The molecule has 0 radical (unpaired) electrons. The SMILES string of the molecule is Cc1nn(CCOc2cccc(CN)c2)c(C)c1Cl. The van der Waals surface area contributed by atoms with Crippen LogP contribution in [0.2, 0.25) is 5.02 Å². The molecule has 0 bridgehead atoms. The summed E-state index contributed by atoms with van der Waals surface area (Å²) in [7, 11) is 0. The predicted molar refractivity (Wildman–Crippen MR) is 76.5 cm³/mol. The Labute approximate surface area is 118 Å². The van der Waals surface area contributed by atoms with Crippen molar-refractivity contribution in [1.82, 2.24) is 9.78 Å². The van der Waals surface area contributed by atoms with Crippen LogP contribution in [-0.2, 0) is 13.1 Å². The maximum atomic E-state index is 6.10. The molecule has 0 aliphatic rings. The molecule has 0 aliphatic carbocycles. The Morgan fingerprint density at radius 2 is 2.16 bits per heavy atom. The van der Waals surface area contributed by atoms with Crippen molar-refractivity contribution in [2.45, 2.75) is 26.9 Å². The maximum absolute atomic E-state index is 6.10. The standard InChI is InChI=1S/C14H18ClN3O/c1-10-14(15)11(2)18(17-10)6-7-19-13-5-3-4-12(8-13)9-16/h3-5,8H,6-7,9,16H2,1-2H3. The minimum Gasteiger partial charge on any atom is -0.492 e. The Morgan fingerprint density at radius 3 is 2.79 bits per heavy atom. The summed E-state index contributed by atoms with van der Waals surface area (Å²) < 4.78 is 7.56. The zero-order valence-corrected chi connectivity index (χ0v) is 11.9. The number of hydrogen-bond donors (Lipinski definition) is 1. The average Bonchev–Trinajstić information content (AvgIpc) is 2.67. The van der Waals surface area contributed by atoms with Gasteiger partial charge in [-0.2, -0.15) is 5.10 Å². The van der Waals surface area contributed by atoms with Gasteiger partial charge in [0.2, 0.25) is 0 Å². The van der Waals surface area contributed by atoms with Crippen LogP contribution >= 0.6 is 11.6 Å². The molecule has 1 aromatic carbocycles. The second-order valence-electron chi connectivity index (χ2n) is 4.41. The van der Waals surface area contributed by atoms with Crippen LogP contribution in [0, 0.1) is 13.8 Å². The van der Waals surface area contributed by atoms with Gasteiger partial charge in [0.1, 0.15) is 12.4 Å². The van der Waals surface area contributed by atoms with Crippen LogP contribution in [0.5, 0.6) is 5.75 Å². The molecule has 4 nitrogen and oxygen atoms in total. The molecule has 0 aliphatic heterocycles. The molecular weight excluding hydrogens is 262 g/mol. The molecule has 102 valence electrons. The number of halogens is 1. The van der Waals surface area contributed by atoms with Gasteiger partial charge >= 0.3 is 0 Å². The Hall–Kier alpha value is -1.52. The molecule has 0 amide bonds. The molecule has 2 rings (SSSR count). The van der Waals surface area contributed by atoms with Crippen LogP contribution in [0.25, 0.3) is 0 Å². The van der Waals surface area contributed by atoms with E-state index in [0.717, 1.165) is 27.7 Å². The normalized spacial score (nSPS) is 10.7. The molecular formula is C14H18ClN3O. The van der Waals surface area contributed by atoms with Crippen LogP contribution in [0.3, 0.4) is 0 Å². The van der Waals surface area contributed by atoms with Gasteiger partial charge in [-0.3, -0.25) is 4.68 Å². The molecule has 0 saturated carbocycles. The zero-order valence-electron chi connectivity index (χ0n) is 11.2. The molecule has 5 heteroatoms. The highest BCUT2D eigenvalue weighted by molar-refractivity contribution is 6.31. The molecule has 0 saturated heterocycles. The van der Waals surface area contributed by atoms with E-state index in [-0.39, 0.29) is 0 Å². The van der Waals surface area contributed by atoms with Gasteiger partial charge in [0.05, 0.1) is 23.0 Å². The fraction of sp³-hybridized carbons (Fsp3) is 0.357. The molecule has 0 fully saturated rings. The van der Waals surface area contributed by atoms with E-state index in [0.29, 0.717) is 19.7 Å². The lowest BCUT2D eigenvalue weighted by atomic mass is 10.2. The first-order valence-electron chi connectivity index (χ1n) is 6.23. The van der Waals surface area contributed by atoms with Crippen molar-refractivity contribution in [3.05, 3.63) is 46.2 Å². The number of nitrogens with two attached hydrogens (primary N) is 1. The van der Waals surface area contributed by atoms with Crippen LogP contribution in [0.15, 0.2) is 24.3 Å². The molecule has 0 spiro atoms. The monoisotopic (exact) mass is 279 g/mol. The Balaban J connectivity index is 1.94. The molecule has 0 atom stereocenters. The van der Waals surface area contributed by atoms with Crippen LogP contribution in [0.4, 0.5) is 0 Å². The number of rotatable bonds is 5. The minimum absolute atomic E-state index is 0.518. The van der Waals surface area contributed by atoms with Gasteiger partial charge < -0.3 is 10.5 Å². The molecule has 2 aromatic rings. The van der Waals surface area contributed by atoms with E-state index < -0.39 is 0 Å². The van der Waals surface area contributed by atoms with Gasteiger partial charge in [0.15, 0.2) is 0 Å². The first kappa shape index (κ1) is 13.9. The lowest BCUT2D eigenvalue weighted by Gasteiger charge is -2.08. The van der Waals surface area contributed by atoms with E-state index >= 15 is 0 Å². The van der Waals surface area contributed by atoms with Crippen molar-refractivity contribution in [1.29, 1.82) is 0 Å². The number of aromatic nitrogens is 2. The van der Waals surface area contributed by atoms with Crippen molar-refractivity contribution < 1.29 is 4.74 Å². The van der Waals surface area contributed by atoms with E-state index in [2.05, 4.69) is 5.10 Å². The highest BCUT2D eigenvalue weighted by atomic mass is 35.5. The number of ether oxygens (including phenoxy) is 1. The topological polar surface area (TPSA) is 53.1 Å². The summed E-state index contributed by atoms with van der Waals surface area (Å²) in [5.41, 5.74) is 8.48. The van der Waals surface area contributed by atoms with Crippen molar-refractivity contribution in [2.24, 2.45) is 5.73 Å². The molecule has 0 unspecified atom stereocenters. The summed E-state index contributed by atoms with van der Waals surface area (Å²) in [6.07, 6.45) is 0. The summed E-state index contributed by atoms with van der Waals surface area (Å²) in [5, 5.41) is 5.09. The summed E-state index contributed by atoms with van der Waals surface area (Å²) in [6.45, 7) is 5.59. The van der Waals surface area contributed by atoms with E-state index in [1.165, 1.54) is 0 Å². The second-order valence-corrected chi connectivity index (χ2v) is 4.79. The lowest BCUT2D eigenvalue weighted by Crippen LogP contribution is -2.11. The number of benzene rings is 1. The van der Waals surface area contributed by atoms with Gasteiger partial charge in [0.25, 0.3) is 0 Å². The van der Waals surface area contributed by atoms with Crippen molar-refractivity contribution in [3.8, 4) is 5.75 Å². The third-order valence-electron chi connectivity index (χ3n) is 3.00. The molecule has 19 heavy (non-hydrogen) atoms. The van der Waals surface area contributed by atoms with Crippen LogP contribution < -0.4 is 10.5 Å². The third-order valence-corrected chi connectivity index (χ3v) is 3.55. The third kappa shape index (κ3) is 3.28. The summed E-state index contributed by atoms with van der Waals surface area (Å²) in [6, 6.07) is 7.80. The minimum atomic E-state index is 0.518. The van der Waals surface area contributed by atoms with Gasteiger partial charge in [0, 0.05) is 6.54 Å². The number of nitrogens with zero attached hydrogens (tertiary/aromatic N) is 2. The average molecular weight is 280 g/mol. The Bertz CT molecular complexity index is 566. The fourth-order valence-corrected chi connectivity index (χ4v) is 2.04. The van der Waals surface area contributed by atoms with Gasteiger partial charge in [-0.1, -0.05) is 23.7 Å². The van der Waals surface area contributed by atoms with E-state index in [1.807, 2.05) is 42.8 Å².